The molecule has 0 amide bonds. The summed E-state index contributed by atoms with van der Waals surface area (Å²) in [5.74, 6) is 0.728. The molecule has 16 heavy (non-hydrogen) atoms. The van der Waals surface area contributed by atoms with Gasteiger partial charge in [0.1, 0.15) is 0 Å². The lowest BCUT2D eigenvalue weighted by atomic mass is 10.0. The van der Waals surface area contributed by atoms with Crippen LogP contribution in [0.15, 0.2) is 0 Å². The molecular formula is C14H32N2. The maximum atomic E-state index is 5.94. The first-order chi connectivity index (χ1) is 7.60. The third-order valence-electron chi connectivity index (χ3n) is 3.35. The molecule has 0 aliphatic carbocycles. The SMILES string of the molecule is CCCC(CN)N(CC(C)C)C(CC)CC. The minimum atomic E-state index is 0.581. The first kappa shape index (κ1) is 15.9. The highest BCUT2D eigenvalue weighted by molar-refractivity contribution is 4.79. The largest absolute Gasteiger partial charge is 0.329 e. The van der Waals surface area contributed by atoms with Crippen molar-refractivity contribution in [2.45, 2.75) is 72.4 Å². The molecule has 0 fully saturated rings. The average molecular weight is 228 g/mol. The fourth-order valence-corrected chi connectivity index (χ4v) is 2.53. The molecule has 0 spiro atoms. The summed E-state index contributed by atoms with van der Waals surface area (Å²) in [5.41, 5.74) is 5.94. The summed E-state index contributed by atoms with van der Waals surface area (Å²) in [5, 5.41) is 0. The lowest BCUT2D eigenvalue weighted by Crippen LogP contribution is -2.48. The fraction of sp³-hybridized carbons (Fsp3) is 1.00. The molecule has 0 aliphatic rings. The molecule has 0 heterocycles. The molecule has 0 radical (unpaired) electrons. The highest BCUT2D eigenvalue weighted by Crippen LogP contribution is 2.17. The van der Waals surface area contributed by atoms with Gasteiger partial charge in [-0.1, -0.05) is 41.0 Å². The molecule has 0 saturated carbocycles. The zero-order chi connectivity index (χ0) is 12.6. The lowest BCUT2D eigenvalue weighted by Gasteiger charge is -2.38. The van der Waals surface area contributed by atoms with Gasteiger partial charge in [0.2, 0.25) is 0 Å². The Morgan fingerprint density at radius 2 is 1.56 bits per heavy atom. The summed E-state index contributed by atoms with van der Waals surface area (Å²) in [6.07, 6.45) is 4.95. The smallest absolute Gasteiger partial charge is 0.0221 e. The zero-order valence-electron chi connectivity index (χ0n) is 12.0. The maximum absolute atomic E-state index is 5.94. The van der Waals surface area contributed by atoms with Crippen molar-refractivity contribution in [2.24, 2.45) is 11.7 Å². The Morgan fingerprint density at radius 3 is 1.88 bits per heavy atom. The van der Waals surface area contributed by atoms with E-state index in [0.717, 1.165) is 12.5 Å². The van der Waals surface area contributed by atoms with Crippen molar-refractivity contribution in [3.63, 3.8) is 0 Å². The van der Waals surface area contributed by atoms with Gasteiger partial charge in [0.05, 0.1) is 0 Å². The van der Waals surface area contributed by atoms with Crippen LogP contribution in [0.1, 0.15) is 60.3 Å². The molecule has 0 saturated heterocycles. The summed E-state index contributed by atoms with van der Waals surface area (Å²) in [6.45, 7) is 13.4. The van der Waals surface area contributed by atoms with Crippen molar-refractivity contribution in [1.82, 2.24) is 4.90 Å². The normalized spacial score (nSPS) is 14.1. The molecule has 1 atom stereocenters. The van der Waals surface area contributed by atoms with Crippen LogP contribution >= 0.6 is 0 Å². The van der Waals surface area contributed by atoms with E-state index >= 15 is 0 Å². The quantitative estimate of drug-likeness (QED) is 0.656. The first-order valence-electron chi connectivity index (χ1n) is 7.06. The van der Waals surface area contributed by atoms with E-state index in [4.69, 9.17) is 5.73 Å². The van der Waals surface area contributed by atoms with Gasteiger partial charge in [0.25, 0.3) is 0 Å². The van der Waals surface area contributed by atoms with Crippen molar-refractivity contribution in [3.05, 3.63) is 0 Å². The molecule has 2 heteroatoms. The highest BCUT2D eigenvalue weighted by Gasteiger charge is 2.23. The van der Waals surface area contributed by atoms with Crippen LogP contribution in [0.4, 0.5) is 0 Å². The van der Waals surface area contributed by atoms with E-state index in [2.05, 4.69) is 39.5 Å². The summed E-state index contributed by atoms with van der Waals surface area (Å²) in [4.78, 5) is 2.66. The molecule has 0 aromatic heterocycles. The van der Waals surface area contributed by atoms with Gasteiger partial charge in [-0.05, 0) is 25.2 Å². The highest BCUT2D eigenvalue weighted by atomic mass is 15.2. The van der Waals surface area contributed by atoms with Crippen LogP contribution in [-0.2, 0) is 0 Å². The van der Waals surface area contributed by atoms with Gasteiger partial charge in [-0.15, -0.1) is 0 Å². The van der Waals surface area contributed by atoms with Crippen molar-refractivity contribution in [1.29, 1.82) is 0 Å². The predicted octanol–water partition coefficient (Wildman–Crippen LogP) is 3.26. The van der Waals surface area contributed by atoms with Gasteiger partial charge in [-0.25, -0.2) is 0 Å². The van der Waals surface area contributed by atoms with Crippen LogP contribution in [0.3, 0.4) is 0 Å². The van der Waals surface area contributed by atoms with Crippen LogP contribution in [0.5, 0.6) is 0 Å². The standard InChI is InChI=1S/C14H32N2/c1-6-9-14(10-15)16(11-12(4)5)13(7-2)8-3/h12-14H,6-11,15H2,1-5H3. The first-order valence-corrected chi connectivity index (χ1v) is 7.06. The van der Waals surface area contributed by atoms with Gasteiger partial charge in [-0.2, -0.15) is 0 Å². The van der Waals surface area contributed by atoms with E-state index in [0.29, 0.717) is 12.1 Å². The molecule has 0 rings (SSSR count). The molecule has 0 aromatic rings. The lowest BCUT2D eigenvalue weighted by molar-refractivity contribution is 0.106. The molecule has 0 bridgehead atoms. The zero-order valence-corrected chi connectivity index (χ0v) is 12.0. The Balaban J connectivity index is 4.59. The second-order valence-corrected chi connectivity index (χ2v) is 5.24. The Bertz CT molecular complexity index is 153. The molecule has 2 nitrogen and oxygen atoms in total. The minimum absolute atomic E-state index is 0.581. The van der Waals surface area contributed by atoms with Crippen LogP contribution in [0.2, 0.25) is 0 Å². The fourth-order valence-electron chi connectivity index (χ4n) is 2.53. The van der Waals surface area contributed by atoms with E-state index in [1.54, 1.807) is 0 Å². The summed E-state index contributed by atoms with van der Waals surface area (Å²) in [7, 11) is 0. The molecule has 2 N–H and O–H groups in total. The molecule has 1 unspecified atom stereocenters. The van der Waals surface area contributed by atoms with E-state index in [1.165, 1.54) is 32.2 Å². The van der Waals surface area contributed by atoms with E-state index in [-0.39, 0.29) is 0 Å². The van der Waals surface area contributed by atoms with E-state index < -0.39 is 0 Å². The molecule has 0 aliphatic heterocycles. The van der Waals surface area contributed by atoms with Crippen molar-refractivity contribution in [3.8, 4) is 0 Å². The minimum Gasteiger partial charge on any atom is -0.329 e. The van der Waals surface area contributed by atoms with Crippen molar-refractivity contribution >= 4 is 0 Å². The topological polar surface area (TPSA) is 29.3 Å². The van der Waals surface area contributed by atoms with E-state index in [9.17, 15) is 0 Å². The number of nitrogens with two attached hydrogens (primary N) is 1. The number of hydrogen-bond acceptors (Lipinski definition) is 2. The van der Waals surface area contributed by atoms with Gasteiger partial charge in [0.15, 0.2) is 0 Å². The van der Waals surface area contributed by atoms with Gasteiger partial charge in [0, 0.05) is 25.2 Å². The Labute approximate surface area is 103 Å². The third-order valence-corrected chi connectivity index (χ3v) is 3.35. The Kier molecular flexibility index (Phi) is 8.96. The van der Waals surface area contributed by atoms with Crippen LogP contribution in [0.25, 0.3) is 0 Å². The van der Waals surface area contributed by atoms with Crippen LogP contribution < -0.4 is 5.73 Å². The van der Waals surface area contributed by atoms with Gasteiger partial charge in [-0.3, -0.25) is 4.90 Å². The monoisotopic (exact) mass is 228 g/mol. The average Bonchev–Trinajstić information content (AvgIpc) is 2.25. The van der Waals surface area contributed by atoms with Gasteiger partial charge < -0.3 is 5.73 Å². The summed E-state index contributed by atoms with van der Waals surface area (Å²) < 4.78 is 0. The second-order valence-electron chi connectivity index (χ2n) is 5.24. The number of hydrogen-bond donors (Lipinski definition) is 1. The van der Waals surface area contributed by atoms with Crippen molar-refractivity contribution < 1.29 is 0 Å². The summed E-state index contributed by atoms with van der Waals surface area (Å²) >= 11 is 0. The molecule has 98 valence electrons. The Morgan fingerprint density at radius 1 is 1.00 bits per heavy atom. The van der Waals surface area contributed by atoms with Crippen LogP contribution in [0, 0.1) is 5.92 Å². The molecule has 0 aromatic carbocycles. The van der Waals surface area contributed by atoms with Crippen molar-refractivity contribution in [2.75, 3.05) is 13.1 Å². The summed E-state index contributed by atoms with van der Waals surface area (Å²) in [6, 6.07) is 1.29. The Hall–Kier alpha value is -0.0800. The second kappa shape index (κ2) is 9.00. The van der Waals surface area contributed by atoms with Crippen LogP contribution in [-0.4, -0.2) is 30.1 Å². The van der Waals surface area contributed by atoms with E-state index in [1.807, 2.05) is 0 Å². The van der Waals surface area contributed by atoms with Gasteiger partial charge >= 0.3 is 0 Å². The molecular weight excluding hydrogens is 196 g/mol. The number of rotatable bonds is 9. The number of nitrogens with zero attached hydrogens (tertiary/aromatic N) is 1. The predicted molar refractivity (Wildman–Crippen MR) is 73.7 cm³/mol. The third kappa shape index (κ3) is 5.31. The maximum Gasteiger partial charge on any atom is 0.0221 e.